The second kappa shape index (κ2) is 7.67. The molecule has 0 spiro atoms. The Bertz CT molecular complexity index is 697. The van der Waals surface area contributed by atoms with E-state index in [9.17, 15) is 13.2 Å². The molecule has 0 unspecified atom stereocenters. The highest BCUT2D eigenvalue weighted by Crippen LogP contribution is 2.31. The van der Waals surface area contributed by atoms with E-state index in [0.717, 1.165) is 25.0 Å². The average Bonchev–Trinajstić information content (AvgIpc) is 2.83. The lowest BCUT2D eigenvalue weighted by Gasteiger charge is -2.16. The molecule has 3 rings (SSSR count). The second-order valence-electron chi connectivity index (χ2n) is 6.20. The summed E-state index contributed by atoms with van der Waals surface area (Å²) >= 11 is 0. The molecule has 0 atom stereocenters. The van der Waals surface area contributed by atoms with Crippen LogP contribution in [0, 0.1) is 0 Å². The highest BCUT2D eigenvalue weighted by molar-refractivity contribution is 5.55. The van der Waals surface area contributed by atoms with E-state index in [0.29, 0.717) is 11.9 Å². The Balaban J connectivity index is 1.69. The van der Waals surface area contributed by atoms with Crippen molar-refractivity contribution in [1.29, 1.82) is 0 Å². The number of nitrogens with one attached hydrogen (secondary N) is 2. The Morgan fingerprint density at radius 2 is 1.80 bits per heavy atom. The first kappa shape index (κ1) is 17.4. The zero-order valence-electron chi connectivity index (χ0n) is 13.7. The summed E-state index contributed by atoms with van der Waals surface area (Å²) in [7, 11) is 0. The smallest absolute Gasteiger partial charge is 0.366 e. The van der Waals surface area contributed by atoms with Crippen LogP contribution in [0.25, 0.3) is 0 Å². The van der Waals surface area contributed by atoms with E-state index < -0.39 is 11.7 Å². The summed E-state index contributed by atoms with van der Waals surface area (Å²) < 4.78 is 38.3. The topological polar surface area (TPSA) is 62.7 Å². The number of aromatic nitrogens is 3. The van der Waals surface area contributed by atoms with E-state index in [4.69, 9.17) is 0 Å². The second-order valence-corrected chi connectivity index (χ2v) is 6.20. The number of hydrogen-bond donors (Lipinski definition) is 2. The quantitative estimate of drug-likeness (QED) is 0.777. The lowest BCUT2D eigenvalue weighted by Crippen LogP contribution is -2.19. The Labute approximate surface area is 144 Å². The van der Waals surface area contributed by atoms with Crippen molar-refractivity contribution in [2.45, 2.75) is 50.7 Å². The fourth-order valence-electron chi connectivity index (χ4n) is 2.96. The standard InChI is InChI=1S/C17H20F3N5/c18-17(19,20)12-6-5-9-14(10-12)23-16-24-15(11-21-25-16)22-13-7-3-1-2-4-8-13/h5-6,9-11,13H,1-4,7-8H2,(H2,22,23,24,25). The minimum Gasteiger partial charge on any atom is -0.366 e. The van der Waals surface area contributed by atoms with Gasteiger partial charge in [-0.25, -0.2) is 0 Å². The average molecular weight is 351 g/mol. The molecule has 1 fully saturated rings. The Kier molecular flexibility index (Phi) is 5.35. The van der Waals surface area contributed by atoms with Crippen molar-refractivity contribution >= 4 is 17.5 Å². The minimum absolute atomic E-state index is 0.165. The van der Waals surface area contributed by atoms with Gasteiger partial charge in [0.15, 0.2) is 5.82 Å². The molecular weight excluding hydrogens is 331 g/mol. The van der Waals surface area contributed by atoms with Gasteiger partial charge in [-0.1, -0.05) is 31.7 Å². The number of anilines is 3. The van der Waals surface area contributed by atoms with Crippen LogP contribution >= 0.6 is 0 Å². The van der Waals surface area contributed by atoms with E-state index in [1.165, 1.54) is 44.0 Å². The number of nitrogens with zero attached hydrogens (tertiary/aromatic N) is 3. The van der Waals surface area contributed by atoms with Crippen LogP contribution in [0.1, 0.15) is 44.1 Å². The van der Waals surface area contributed by atoms with E-state index in [1.54, 1.807) is 0 Å². The molecule has 1 heterocycles. The molecule has 0 radical (unpaired) electrons. The molecule has 5 nitrogen and oxygen atoms in total. The first-order chi connectivity index (χ1) is 12.0. The zero-order chi connectivity index (χ0) is 17.7. The maximum Gasteiger partial charge on any atom is 0.416 e. The normalized spacial score (nSPS) is 16.3. The molecule has 0 amide bonds. The third-order valence-electron chi connectivity index (χ3n) is 4.21. The molecule has 0 bridgehead atoms. The fraction of sp³-hybridized carbons (Fsp3) is 0.471. The maximum atomic E-state index is 12.8. The third kappa shape index (κ3) is 5.04. The molecular formula is C17H20F3N5. The van der Waals surface area contributed by atoms with E-state index in [-0.39, 0.29) is 11.6 Å². The summed E-state index contributed by atoms with van der Waals surface area (Å²) in [6.07, 6.45) is 4.19. The lowest BCUT2D eigenvalue weighted by atomic mass is 10.1. The van der Waals surface area contributed by atoms with Gasteiger partial charge in [-0.2, -0.15) is 23.3 Å². The number of alkyl halides is 3. The molecule has 2 aromatic rings. The van der Waals surface area contributed by atoms with Crippen molar-refractivity contribution in [1.82, 2.24) is 15.2 Å². The van der Waals surface area contributed by atoms with Crippen molar-refractivity contribution < 1.29 is 13.2 Å². The van der Waals surface area contributed by atoms with Gasteiger partial charge in [0.25, 0.3) is 0 Å². The highest BCUT2D eigenvalue weighted by Gasteiger charge is 2.30. The largest absolute Gasteiger partial charge is 0.416 e. The van der Waals surface area contributed by atoms with Crippen LogP contribution in [0.3, 0.4) is 0 Å². The van der Waals surface area contributed by atoms with Crippen LogP contribution in [-0.2, 0) is 6.18 Å². The molecule has 1 aromatic carbocycles. The SMILES string of the molecule is FC(F)(F)c1cccc(Nc2nncc(NC3CCCCCC3)n2)c1. The third-order valence-corrected chi connectivity index (χ3v) is 4.21. The van der Waals surface area contributed by atoms with Crippen LogP contribution in [0.15, 0.2) is 30.5 Å². The first-order valence-electron chi connectivity index (χ1n) is 8.41. The van der Waals surface area contributed by atoms with E-state index in [2.05, 4.69) is 25.8 Å². The van der Waals surface area contributed by atoms with Crippen molar-refractivity contribution in [3.8, 4) is 0 Å². The summed E-state index contributed by atoms with van der Waals surface area (Å²) in [5.41, 5.74) is -0.457. The molecule has 134 valence electrons. The van der Waals surface area contributed by atoms with Crippen molar-refractivity contribution in [2.24, 2.45) is 0 Å². The number of rotatable bonds is 4. The van der Waals surface area contributed by atoms with Gasteiger partial charge in [-0.05, 0) is 31.0 Å². The van der Waals surface area contributed by atoms with Crippen LogP contribution in [0.4, 0.5) is 30.6 Å². The summed E-state index contributed by atoms with van der Waals surface area (Å²) in [5, 5.41) is 13.9. The van der Waals surface area contributed by atoms with Crippen molar-refractivity contribution in [2.75, 3.05) is 10.6 Å². The molecule has 8 heteroatoms. The molecule has 2 N–H and O–H groups in total. The van der Waals surface area contributed by atoms with Crippen LogP contribution in [0.5, 0.6) is 0 Å². The molecule has 25 heavy (non-hydrogen) atoms. The van der Waals surface area contributed by atoms with Gasteiger partial charge in [0.2, 0.25) is 5.95 Å². The van der Waals surface area contributed by atoms with E-state index in [1.807, 2.05) is 0 Å². The van der Waals surface area contributed by atoms with Gasteiger partial charge in [-0.3, -0.25) is 0 Å². The van der Waals surface area contributed by atoms with Crippen LogP contribution < -0.4 is 10.6 Å². The Morgan fingerprint density at radius 1 is 1.04 bits per heavy atom. The summed E-state index contributed by atoms with van der Waals surface area (Å²) in [6, 6.07) is 5.26. The Hall–Kier alpha value is -2.38. The van der Waals surface area contributed by atoms with Crippen molar-refractivity contribution in [3.05, 3.63) is 36.0 Å². The number of halogens is 3. The Morgan fingerprint density at radius 3 is 2.52 bits per heavy atom. The number of hydrogen-bond acceptors (Lipinski definition) is 5. The van der Waals surface area contributed by atoms with Gasteiger partial charge in [0.05, 0.1) is 11.8 Å². The minimum atomic E-state index is -4.39. The fourth-order valence-corrected chi connectivity index (χ4v) is 2.96. The molecule has 1 saturated carbocycles. The zero-order valence-corrected chi connectivity index (χ0v) is 13.7. The van der Waals surface area contributed by atoms with Gasteiger partial charge in [0.1, 0.15) is 0 Å². The van der Waals surface area contributed by atoms with Gasteiger partial charge < -0.3 is 10.6 Å². The molecule has 1 aromatic heterocycles. The van der Waals surface area contributed by atoms with Crippen LogP contribution in [0.2, 0.25) is 0 Å². The van der Waals surface area contributed by atoms with E-state index >= 15 is 0 Å². The highest BCUT2D eigenvalue weighted by atomic mass is 19.4. The maximum absolute atomic E-state index is 12.8. The predicted octanol–water partition coefficient (Wildman–Crippen LogP) is 4.77. The van der Waals surface area contributed by atoms with Gasteiger partial charge in [-0.15, -0.1) is 5.10 Å². The molecule has 1 aliphatic rings. The summed E-state index contributed by atoms with van der Waals surface area (Å²) in [4.78, 5) is 4.31. The van der Waals surface area contributed by atoms with Crippen molar-refractivity contribution in [3.63, 3.8) is 0 Å². The summed E-state index contributed by atoms with van der Waals surface area (Å²) in [6.45, 7) is 0. The van der Waals surface area contributed by atoms with Gasteiger partial charge >= 0.3 is 6.18 Å². The number of benzene rings is 1. The van der Waals surface area contributed by atoms with Crippen LogP contribution in [-0.4, -0.2) is 21.2 Å². The predicted molar refractivity (Wildman–Crippen MR) is 89.7 cm³/mol. The molecule has 1 aliphatic carbocycles. The molecule has 0 aliphatic heterocycles. The monoisotopic (exact) mass is 351 g/mol. The van der Waals surface area contributed by atoms with Gasteiger partial charge in [0, 0.05) is 11.7 Å². The lowest BCUT2D eigenvalue weighted by molar-refractivity contribution is -0.137. The first-order valence-corrected chi connectivity index (χ1v) is 8.41. The summed E-state index contributed by atoms with van der Waals surface area (Å²) in [5.74, 6) is 0.745. The molecule has 0 saturated heterocycles.